The van der Waals surface area contributed by atoms with Crippen LogP contribution in [0.1, 0.15) is 22.3 Å². The van der Waals surface area contributed by atoms with E-state index in [9.17, 15) is 0 Å². The molecule has 240 valence electrons. The number of ether oxygens (including phenoxy) is 1. The maximum absolute atomic E-state index is 6.82. The van der Waals surface area contributed by atoms with Gasteiger partial charge in [0.2, 0.25) is 0 Å². The minimum absolute atomic E-state index is 0.742. The molecule has 0 aromatic heterocycles. The third kappa shape index (κ3) is 4.65. The Hall–Kier alpha value is -6.64. The van der Waals surface area contributed by atoms with Gasteiger partial charge in [-0.2, -0.15) is 0 Å². The number of fused-ring (bicyclic) bond motifs is 8. The molecule has 2 nitrogen and oxygen atoms in total. The molecule has 1 aliphatic carbocycles. The zero-order chi connectivity index (χ0) is 33.8. The number of hydrogen-bond acceptors (Lipinski definition) is 2. The van der Waals surface area contributed by atoms with E-state index in [0.29, 0.717) is 0 Å². The third-order valence-electron chi connectivity index (χ3n) is 10.5. The Morgan fingerprint density at radius 3 is 1.80 bits per heavy atom. The summed E-state index contributed by atoms with van der Waals surface area (Å²) in [6.07, 6.45) is 3.94. The molecule has 1 unspecified atom stereocenters. The van der Waals surface area contributed by atoms with E-state index in [0.717, 1.165) is 28.2 Å². The molecule has 8 aromatic rings. The van der Waals surface area contributed by atoms with Crippen LogP contribution in [0, 0.1) is 0 Å². The standard InChI is InChI=1S/C49H33NO/c1-2-11-34(12-3-1)35-21-25-39(26-22-35)50(40-27-23-37(24-28-40)43-18-10-15-36-13-4-6-16-42(36)43)41-29-30-45-44-17-7-9-20-47(44)49(48(45)33-41)46-19-8-5-14-38(46)31-32-51-49/h1-33H. The van der Waals surface area contributed by atoms with E-state index >= 15 is 0 Å². The Morgan fingerprint density at radius 2 is 0.980 bits per heavy atom. The molecule has 51 heavy (non-hydrogen) atoms. The van der Waals surface area contributed by atoms with Crippen LogP contribution in [0.2, 0.25) is 0 Å². The summed E-state index contributed by atoms with van der Waals surface area (Å²) >= 11 is 0. The van der Waals surface area contributed by atoms with E-state index in [1.165, 1.54) is 55.3 Å². The quantitative estimate of drug-likeness (QED) is 0.184. The molecule has 0 radical (unpaired) electrons. The molecule has 0 bridgehead atoms. The molecule has 2 heteroatoms. The highest BCUT2D eigenvalue weighted by Gasteiger charge is 2.48. The molecule has 2 aliphatic rings. The van der Waals surface area contributed by atoms with Gasteiger partial charge in [0, 0.05) is 33.8 Å². The first-order valence-electron chi connectivity index (χ1n) is 17.5. The van der Waals surface area contributed by atoms with Crippen LogP contribution in [0.4, 0.5) is 17.1 Å². The molecular weight excluding hydrogens is 619 g/mol. The lowest BCUT2D eigenvalue weighted by Crippen LogP contribution is -2.31. The SMILES string of the molecule is C1=Cc2ccccc2C2(O1)c1ccccc1-c1ccc(N(c3ccc(-c4ccccc4)cc3)c3ccc(-c4cccc5ccccc45)cc3)cc12. The first-order chi connectivity index (χ1) is 25.3. The van der Waals surface area contributed by atoms with Gasteiger partial charge in [-0.1, -0.05) is 152 Å². The second kappa shape index (κ2) is 11.8. The molecule has 0 saturated carbocycles. The van der Waals surface area contributed by atoms with Crippen molar-refractivity contribution in [2.45, 2.75) is 5.60 Å². The lowest BCUT2D eigenvalue weighted by Gasteiger charge is -2.36. The summed E-state index contributed by atoms with van der Waals surface area (Å²) in [7, 11) is 0. The number of rotatable bonds is 5. The van der Waals surface area contributed by atoms with Crippen LogP contribution in [0.15, 0.2) is 194 Å². The predicted octanol–water partition coefficient (Wildman–Crippen LogP) is 12.9. The summed E-state index contributed by atoms with van der Waals surface area (Å²) in [4.78, 5) is 2.36. The molecular formula is C49H33NO. The molecule has 0 fully saturated rings. The van der Waals surface area contributed by atoms with Gasteiger partial charge in [-0.3, -0.25) is 0 Å². The lowest BCUT2D eigenvalue weighted by molar-refractivity contribution is 0.100. The molecule has 0 amide bonds. The molecule has 1 heterocycles. The van der Waals surface area contributed by atoms with Crippen LogP contribution in [0.25, 0.3) is 50.2 Å². The summed E-state index contributed by atoms with van der Waals surface area (Å²) < 4.78 is 6.82. The topological polar surface area (TPSA) is 12.5 Å². The zero-order valence-electron chi connectivity index (χ0n) is 27.9. The summed E-state index contributed by atoms with van der Waals surface area (Å²) in [6.45, 7) is 0. The average molecular weight is 652 g/mol. The second-order valence-corrected chi connectivity index (χ2v) is 13.3. The summed E-state index contributed by atoms with van der Waals surface area (Å²) in [5, 5.41) is 2.50. The van der Waals surface area contributed by atoms with Crippen molar-refractivity contribution in [3.63, 3.8) is 0 Å². The van der Waals surface area contributed by atoms with Crippen LogP contribution in [0.5, 0.6) is 0 Å². The van der Waals surface area contributed by atoms with E-state index in [1.54, 1.807) is 0 Å². The van der Waals surface area contributed by atoms with Crippen molar-refractivity contribution < 1.29 is 4.74 Å². The Balaban J connectivity index is 1.14. The number of anilines is 3. The Morgan fingerprint density at radius 1 is 0.392 bits per heavy atom. The predicted molar refractivity (Wildman–Crippen MR) is 211 cm³/mol. The molecule has 10 rings (SSSR count). The van der Waals surface area contributed by atoms with Crippen LogP contribution in [-0.4, -0.2) is 0 Å². The van der Waals surface area contributed by atoms with Gasteiger partial charge in [0.25, 0.3) is 0 Å². The van der Waals surface area contributed by atoms with Crippen molar-refractivity contribution >= 4 is 33.9 Å². The number of benzene rings is 8. The highest BCUT2D eigenvalue weighted by Crippen LogP contribution is 2.56. The van der Waals surface area contributed by atoms with Gasteiger partial charge in [-0.05, 0) is 92.2 Å². The van der Waals surface area contributed by atoms with Crippen LogP contribution < -0.4 is 4.90 Å². The summed E-state index contributed by atoms with van der Waals surface area (Å²) in [6, 6.07) is 67.7. The fourth-order valence-corrected chi connectivity index (χ4v) is 8.17. The van der Waals surface area contributed by atoms with Crippen molar-refractivity contribution in [3.8, 4) is 33.4 Å². The Kier molecular flexibility index (Phi) is 6.75. The zero-order valence-corrected chi connectivity index (χ0v) is 27.9. The minimum Gasteiger partial charge on any atom is -0.481 e. The fraction of sp³-hybridized carbons (Fsp3) is 0.0204. The monoisotopic (exact) mass is 651 g/mol. The first kappa shape index (κ1) is 29.3. The first-order valence-corrected chi connectivity index (χ1v) is 17.5. The van der Waals surface area contributed by atoms with Crippen molar-refractivity contribution in [1.82, 2.24) is 0 Å². The Bertz CT molecular complexity index is 2600. The molecule has 1 spiro atoms. The fourth-order valence-electron chi connectivity index (χ4n) is 8.17. The van der Waals surface area contributed by atoms with Crippen molar-refractivity contribution in [1.29, 1.82) is 0 Å². The van der Waals surface area contributed by atoms with Gasteiger partial charge in [-0.25, -0.2) is 0 Å². The van der Waals surface area contributed by atoms with Crippen molar-refractivity contribution in [2.24, 2.45) is 0 Å². The molecule has 1 atom stereocenters. The highest BCUT2D eigenvalue weighted by atomic mass is 16.5. The van der Waals surface area contributed by atoms with Crippen LogP contribution in [-0.2, 0) is 10.3 Å². The molecule has 1 aliphatic heterocycles. The van der Waals surface area contributed by atoms with Gasteiger partial charge in [-0.15, -0.1) is 0 Å². The maximum atomic E-state index is 6.82. The molecule has 0 saturated heterocycles. The summed E-state index contributed by atoms with van der Waals surface area (Å²) in [5.41, 5.74) is 14.4. The summed E-state index contributed by atoms with van der Waals surface area (Å²) in [5.74, 6) is 0. The van der Waals surface area contributed by atoms with Gasteiger partial charge in [0.05, 0.1) is 6.26 Å². The molecule has 8 aromatic carbocycles. The van der Waals surface area contributed by atoms with E-state index < -0.39 is 5.60 Å². The maximum Gasteiger partial charge on any atom is 0.185 e. The van der Waals surface area contributed by atoms with Gasteiger partial charge >= 0.3 is 0 Å². The van der Waals surface area contributed by atoms with E-state index in [-0.39, 0.29) is 0 Å². The second-order valence-electron chi connectivity index (χ2n) is 13.3. The number of nitrogens with zero attached hydrogens (tertiary/aromatic N) is 1. The Labute approximate surface area is 298 Å². The van der Waals surface area contributed by atoms with E-state index in [2.05, 4.69) is 199 Å². The number of hydrogen-bond donors (Lipinski definition) is 0. The van der Waals surface area contributed by atoms with Crippen LogP contribution in [0.3, 0.4) is 0 Å². The van der Waals surface area contributed by atoms with Gasteiger partial charge in [0.1, 0.15) is 0 Å². The van der Waals surface area contributed by atoms with E-state index in [1.807, 2.05) is 6.26 Å². The van der Waals surface area contributed by atoms with Crippen molar-refractivity contribution in [3.05, 3.63) is 217 Å². The third-order valence-corrected chi connectivity index (χ3v) is 10.5. The smallest absolute Gasteiger partial charge is 0.185 e. The minimum atomic E-state index is -0.742. The van der Waals surface area contributed by atoms with Gasteiger partial charge < -0.3 is 9.64 Å². The van der Waals surface area contributed by atoms with Crippen molar-refractivity contribution in [2.75, 3.05) is 4.90 Å². The normalized spacial score (nSPS) is 15.2. The van der Waals surface area contributed by atoms with Gasteiger partial charge in [0.15, 0.2) is 5.60 Å². The van der Waals surface area contributed by atoms with E-state index in [4.69, 9.17) is 4.74 Å². The largest absolute Gasteiger partial charge is 0.481 e. The highest BCUT2D eigenvalue weighted by molar-refractivity contribution is 5.97. The average Bonchev–Trinajstić information content (AvgIpc) is 3.48. The molecule has 0 N–H and O–H groups in total. The van der Waals surface area contributed by atoms with Crippen LogP contribution >= 0.6 is 0 Å². The lowest BCUT2D eigenvalue weighted by atomic mass is 9.80.